The van der Waals surface area contributed by atoms with Crippen molar-refractivity contribution in [3.8, 4) is 10.7 Å². The molecule has 0 atom stereocenters. The SMILES string of the molecule is CCNc1nnc(-c2csc(N(C)C)n2)s1. The van der Waals surface area contributed by atoms with Crippen LogP contribution in [0.4, 0.5) is 10.3 Å². The molecule has 0 saturated carbocycles. The topological polar surface area (TPSA) is 53.9 Å². The number of nitrogens with one attached hydrogen (secondary N) is 1. The molecule has 16 heavy (non-hydrogen) atoms. The highest BCUT2D eigenvalue weighted by Gasteiger charge is 2.10. The number of rotatable bonds is 4. The molecule has 0 spiro atoms. The minimum Gasteiger partial charge on any atom is -0.360 e. The lowest BCUT2D eigenvalue weighted by Crippen LogP contribution is -2.07. The monoisotopic (exact) mass is 255 g/mol. The highest BCUT2D eigenvalue weighted by atomic mass is 32.1. The van der Waals surface area contributed by atoms with Crippen molar-refractivity contribution in [2.45, 2.75) is 6.92 Å². The highest BCUT2D eigenvalue weighted by molar-refractivity contribution is 7.19. The van der Waals surface area contributed by atoms with E-state index in [0.29, 0.717) is 0 Å². The standard InChI is InChI=1S/C9H13N5S2/c1-4-10-8-13-12-7(16-8)6-5-15-9(11-6)14(2)3/h5H,4H2,1-3H3,(H,10,13). The molecule has 86 valence electrons. The maximum Gasteiger partial charge on any atom is 0.206 e. The molecule has 0 aliphatic carbocycles. The zero-order chi connectivity index (χ0) is 11.5. The zero-order valence-corrected chi connectivity index (χ0v) is 11.0. The van der Waals surface area contributed by atoms with E-state index in [9.17, 15) is 0 Å². The lowest BCUT2D eigenvalue weighted by atomic mass is 10.5. The van der Waals surface area contributed by atoms with Gasteiger partial charge in [-0.2, -0.15) is 0 Å². The zero-order valence-electron chi connectivity index (χ0n) is 9.39. The maximum absolute atomic E-state index is 4.48. The fraction of sp³-hybridized carbons (Fsp3) is 0.444. The predicted molar refractivity (Wildman–Crippen MR) is 69.5 cm³/mol. The van der Waals surface area contributed by atoms with Crippen molar-refractivity contribution in [2.75, 3.05) is 30.9 Å². The average molecular weight is 255 g/mol. The van der Waals surface area contributed by atoms with Crippen LogP contribution in [-0.2, 0) is 0 Å². The van der Waals surface area contributed by atoms with Gasteiger partial charge in [-0.15, -0.1) is 21.5 Å². The van der Waals surface area contributed by atoms with Crippen molar-refractivity contribution in [1.82, 2.24) is 15.2 Å². The molecule has 7 heteroatoms. The van der Waals surface area contributed by atoms with Gasteiger partial charge in [-0.05, 0) is 6.92 Å². The van der Waals surface area contributed by atoms with E-state index >= 15 is 0 Å². The fourth-order valence-corrected chi connectivity index (χ4v) is 2.71. The molecule has 0 unspecified atom stereocenters. The first-order valence-corrected chi connectivity index (χ1v) is 6.61. The van der Waals surface area contributed by atoms with Gasteiger partial charge in [0, 0.05) is 26.0 Å². The molecule has 5 nitrogen and oxygen atoms in total. The first-order chi connectivity index (χ1) is 7.70. The van der Waals surface area contributed by atoms with Crippen molar-refractivity contribution in [2.24, 2.45) is 0 Å². The largest absolute Gasteiger partial charge is 0.360 e. The molecule has 2 heterocycles. The molecule has 0 aromatic carbocycles. The molecular formula is C9H13N5S2. The van der Waals surface area contributed by atoms with Crippen LogP contribution in [0.25, 0.3) is 10.7 Å². The minimum absolute atomic E-state index is 0.844. The molecule has 2 rings (SSSR count). The van der Waals surface area contributed by atoms with Gasteiger partial charge in [0.05, 0.1) is 0 Å². The summed E-state index contributed by atoms with van der Waals surface area (Å²) in [6.45, 7) is 2.89. The summed E-state index contributed by atoms with van der Waals surface area (Å²) in [7, 11) is 3.96. The first-order valence-electron chi connectivity index (χ1n) is 4.91. The van der Waals surface area contributed by atoms with E-state index in [2.05, 4.69) is 20.5 Å². The van der Waals surface area contributed by atoms with Gasteiger partial charge in [-0.1, -0.05) is 11.3 Å². The molecule has 0 bridgehead atoms. The Morgan fingerprint density at radius 3 is 2.81 bits per heavy atom. The van der Waals surface area contributed by atoms with Crippen molar-refractivity contribution >= 4 is 32.9 Å². The molecule has 2 aromatic heterocycles. The van der Waals surface area contributed by atoms with Gasteiger partial charge < -0.3 is 10.2 Å². The van der Waals surface area contributed by atoms with E-state index in [1.165, 1.54) is 11.3 Å². The lowest BCUT2D eigenvalue weighted by molar-refractivity contribution is 1.06. The van der Waals surface area contributed by atoms with E-state index in [4.69, 9.17) is 0 Å². The number of hydrogen-bond acceptors (Lipinski definition) is 7. The summed E-state index contributed by atoms with van der Waals surface area (Å²) in [5.41, 5.74) is 0.898. The molecule has 0 amide bonds. The van der Waals surface area contributed by atoms with Crippen LogP contribution < -0.4 is 10.2 Å². The number of anilines is 2. The summed E-state index contributed by atoms with van der Waals surface area (Å²) in [6, 6.07) is 0. The second-order valence-corrected chi connectivity index (χ2v) is 5.17. The van der Waals surface area contributed by atoms with Gasteiger partial charge in [0.15, 0.2) is 10.1 Å². The Morgan fingerprint density at radius 2 is 2.19 bits per heavy atom. The van der Waals surface area contributed by atoms with Crippen LogP contribution >= 0.6 is 22.7 Å². The van der Waals surface area contributed by atoms with Crippen LogP contribution in [0.3, 0.4) is 0 Å². The maximum atomic E-state index is 4.48. The third-order valence-corrected chi connectivity index (χ3v) is 3.76. The minimum atomic E-state index is 0.844. The Hall–Kier alpha value is -1.21. The van der Waals surface area contributed by atoms with E-state index in [1.54, 1.807) is 11.3 Å². The summed E-state index contributed by atoms with van der Waals surface area (Å²) in [6.07, 6.45) is 0. The molecule has 0 saturated heterocycles. The van der Waals surface area contributed by atoms with E-state index < -0.39 is 0 Å². The van der Waals surface area contributed by atoms with Crippen LogP contribution in [0.5, 0.6) is 0 Å². The van der Waals surface area contributed by atoms with Crippen LogP contribution in [0, 0.1) is 0 Å². The van der Waals surface area contributed by atoms with Gasteiger partial charge in [0.25, 0.3) is 0 Å². The van der Waals surface area contributed by atoms with Crippen LogP contribution in [0.2, 0.25) is 0 Å². The third kappa shape index (κ3) is 2.30. The van der Waals surface area contributed by atoms with Crippen molar-refractivity contribution in [1.29, 1.82) is 0 Å². The Morgan fingerprint density at radius 1 is 1.38 bits per heavy atom. The molecule has 2 aromatic rings. The average Bonchev–Trinajstić information content (AvgIpc) is 2.84. The van der Waals surface area contributed by atoms with Crippen LogP contribution in [0.1, 0.15) is 6.92 Å². The first kappa shape index (κ1) is 11.3. The number of nitrogens with zero attached hydrogens (tertiary/aromatic N) is 4. The van der Waals surface area contributed by atoms with Gasteiger partial charge in [0.2, 0.25) is 5.13 Å². The lowest BCUT2D eigenvalue weighted by Gasteiger charge is -2.04. The molecule has 0 radical (unpaired) electrons. The number of hydrogen-bond donors (Lipinski definition) is 1. The van der Waals surface area contributed by atoms with E-state index in [-0.39, 0.29) is 0 Å². The quantitative estimate of drug-likeness (QED) is 0.907. The second-order valence-electron chi connectivity index (χ2n) is 3.35. The Kier molecular flexibility index (Phi) is 3.35. The normalized spacial score (nSPS) is 10.4. The smallest absolute Gasteiger partial charge is 0.206 e. The summed E-state index contributed by atoms with van der Waals surface area (Å²) in [5.74, 6) is 0. The van der Waals surface area contributed by atoms with Crippen molar-refractivity contribution in [3.63, 3.8) is 0 Å². The highest BCUT2D eigenvalue weighted by Crippen LogP contribution is 2.29. The summed E-state index contributed by atoms with van der Waals surface area (Å²) in [5, 5.41) is 16.0. The van der Waals surface area contributed by atoms with Gasteiger partial charge in [0.1, 0.15) is 5.69 Å². The van der Waals surface area contributed by atoms with Gasteiger partial charge in [-0.3, -0.25) is 0 Å². The van der Waals surface area contributed by atoms with Crippen molar-refractivity contribution in [3.05, 3.63) is 5.38 Å². The van der Waals surface area contributed by atoms with Gasteiger partial charge in [-0.25, -0.2) is 4.98 Å². The Bertz CT molecular complexity index is 462. The van der Waals surface area contributed by atoms with Crippen LogP contribution in [-0.4, -0.2) is 35.8 Å². The molecule has 0 fully saturated rings. The van der Waals surface area contributed by atoms with Crippen molar-refractivity contribution < 1.29 is 0 Å². The van der Waals surface area contributed by atoms with Crippen LogP contribution in [0.15, 0.2) is 5.38 Å². The third-order valence-electron chi connectivity index (χ3n) is 1.85. The molecule has 0 aliphatic rings. The van der Waals surface area contributed by atoms with E-state index in [0.717, 1.165) is 27.5 Å². The molecular weight excluding hydrogens is 242 g/mol. The summed E-state index contributed by atoms with van der Waals surface area (Å²) >= 11 is 3.14. The molecule has 1 N–H and O–H groups in total. The van der Waals surface area contributed by atoms with Gasteiger partial charge >= 0.3 is 0 Å². The summed E-state index contributed by atoms with van der Waals surface area (Å²) < 4.78 is 0. The Labute approximate surface area is 102 Å². The number of thiazole rings is 1. The summed E-state index contributed by atoms with van der Waals surface area (Å²) in [4.78, 5) is 6.46. The number of aromatic nitrogens is 3. The second kappa shape index (κ2) is 4.75. The predicted octanol–water partition coefficient (Wildman–Crippen LogP) is 2.16. The fourth-order valence-electron chi connectivity index (χ4n) is 1.12. The van der Waals surface area contributed by atoms with E-state index in [1.807, 2.05) is 31.3 Å². The molecule has 0 aliphatic heterocycles. The Balaban J connectivity index is 2.21.